The van der Waals surface area contributed by atoms with Crippen LogP contribution in [0.15, 0.2) is 12.2 Å². The van der Waals surface area contributed by atoms with E-state index >= 15 is 0 Å². The van der Waals surface area contributed by atoms with Gasteiger partial charge >= 0.3 is 0 Å². The highest BCUT2D eigenvalue weighted by atomic mass is 16.3. The van der Waals surface area contributed by atoms with Crippen LogP contribution in [0.5, 0.6) is 0 Å². The number of aliphatic hydroxyl groups excluding tert-OH is 2. The van der Waals surface area contributed by atoms with Crippen LogP contribution in [0.4, 0.5) is 0 Å². The molecule has 130 valence electrons. The largest absolute Gasteiger partial charge is 0.393 e. The molecule has 2 N–H and O–H groups in total. The van der Waals surface area contributed by atoms with Crippen LogP contribution in [0.3, 0.4) is 0 Å². The van der Waals surface area contributed by atoms with Gasteiger partial charge in [0.15, 0.2) is 0 Å². The van der Waals surface area contributed by atoms with Crippen LogP contribution in [-0.4, -0.2) is 28.2 Å². The molecule has 3 nitrogen and oxygen atoms in total. The molecule has 0 heterocycles. The Hall–Kier alpha value is -0.670. The van der Waals surface area contributed by atoms with E-state index in [4.69, 9.17) is 0 Å². The zero-order chi connectivity index (χ0) is 16.6. The van der Waals surface area contributed by atoms with Gasteiger partial charge in [-0.2, -0.15) is 0 Å². The van der Waals surface area contributed by atoms with Gasteiger partial charge in [0.2, 0.25) is 0 Å². The van der Waals surface area contributed by atoms with Crippen molar-refractivity contribution in [1.29, 1.82) is 0 Å². The number of fused-ring (bicyclic) bond motifs is 1. The van der Waals surface area contributed by atoms with E-state index in [1.54, 1.807) is 0 Å². The second-order valence-electron chi connectivity index (χ2n) is 8.28. The Morgan fingerprint density at radius 1 is 1.26 bits per heavy atom. The van der Waals surface area contributed by atoms with Gasteiger partial charge in [-0.25, -0.2) is 0 Å². The van der Waals surface area contributed by atoms with E-state index in [0.717, 1.165) is 25.7 Å². The van der Waals surface area contributed by atoms with Gasteiger partial charge in [0.05, 0.1) is 12.2 Å². The lowest BCUT2D eigenvalue weighted by atomic mass is 9.44. The summed E-state index contributed by atoms with van der Waals surface area (Å²) in [5.74, 6) is 1.13. The smallest absolute Gasteiger partial charge is 0.142 e. The van der Waals surface area contributed by atoms with Crippen molar-refractivity contribution in [1.82, 2.24) is 0 Å². The first-order valence-electron chi connectivity index (χ1n) is 9.57. The summed E-state index contributed by atoms with van der Waals surface area (Å²) in [6.07, 6.45) is 11.5. The van der Waals surface area contributed by atoms with Gasteiger partial charge in [-0.3, -0.25) is 4.79 Å². The number of aliphatic hydroxyl groups is 2. The monoisotopic (exact) mass is 320 g/mol. The predicted octanol–water partition coefficient (Wildman–Crippen LogP) is 3.49. The van der Waals surface area contributed by atoms with Crippen molar-refractivity contribution >= 4 is 5.78 Å². The molecule has 0 radical (unpaired) electrons. The van der Waals surface area contributed by atoms with E-state index in [-0.39, 0.29) is 29.3 Å². The molecule has 3 aliphatic carbocycles. The minimum atomic E-state index is -0.397. The first kappa shape index (κ1) is 17.2. The van der Waals surface area contributed by atoms with Crippen molar-refractivity contribution in [3.63, 3.8) is 0 Å². The molecular weight excluding hydrogens is 288 g/mol. The van der Waals surface area contributed by atoms with Crippen molar-refractivity contribution in [2.75, 3.05) is 0 Å². The molecule has 3 rings (SSSR count). The third-order valence-electron chi connectivity index (χ3n) is 6.99. The Balaban J connectivity index is 1.71. The Labute approximate surface area is 140 Å². The van der Waals surface area contributed by atoms with Crippen LogP contribution in [0.25, 0.3) is 0 Å². The number of ketones is 1. The van der Waals surface area contributed by atoms with Crippen molar-refractivity contribution in [3.8, 4) is 0 Å². The predicted molar refractivity (Wildman–Crippen MR) is 90.8 cm³/mol. The van der Waals surface area contributed by atoms with E-state index in [1.165, 1.54) is 19.3 Å². The Bertz CT molecular complexity index is 466. The average molecular weight is 320 g/mol. The fraction of sp³-hybridized carbons (Fsp3) is 0.850. The van der Waals surface area contributed by atoms with Gasteiger partial charge in [0, 0.05) is 17.3 Å². The first-order chi connectivity index (χ1) is 11.0. The fourth-order valence-corrected chi connectivity index (χ4v) is 5.52. The average Bonchev–Trinajstić information content (AvgIpc) is 2.58. The lowest BCUT2D eigenvalue weighted by molar-refractivity contribution is -0.172. The lowest BCUT2D eigenvalue weighted by Gasteiger charge is -2.58. The summed E-state index contributed by atoms with van der Waals surface area (Å²) >= 11 is 0. The molecule has 0 bridgehead atoms. The molecule has 23 heavy (non-hydrogen) atoms. The number of Topliss-reactive ketones (excluding diaryl/α,β-unsaturated/α-hetero) is 1. The van der Waals surface area contributed by atoms with E-state index in [2.05, 4.69) is 13.8 Å². The number of rotatable bonds is 4. The minimum Gasteiger partial charge on any atom is -0.393 e. The summed E-state index contributed by atoms with van der Waals surface area (Å²) in [4.78, 5) is 12.4. The normalized spacial score (nSPS) is 43.2. The lowest BCUT2D eigenvalue weighted by Crippen LogP contribution is -2.62. The summed E-state index contributed by atoms with van der Waals surface area (Å²) in [7, 11) is 0. The SMILES string of the molecule is CCC1C(=O)[C@]2(C)CC[C@H](O)[C@@H](/C=C/[C@H](O)C3CCCCC3)[C@H]12. The number of hydrogen-bond donors (Lipinski definition) is 2. The highest BCUT2D eigenvalue weighted by molar-refractivity contribution is 5.94. The highest BCUT2D eigenvalue weighted by Crippen LogP contribution is 2.59. The third kappa shape index (κ3) is 2.91. The van der Waals surface area contributed by atoms with Gasteiger partial charge in [-0.05, 0) is 43.9 Å². The Kier molecular flexibility index (Phi) is 4.98. The highest BCUT2D eigenvalue weighted by Gasteiger charge is 2.62. The molecule has 1 unspecified atom stereocenters. The molecule has 3 saturated carbocycles. The minimum absolute atomic E-state index is 0.0228. The zero-order valence-corrected chi connectivity index (χ0v) is 14.6. The van der Waals surface area contributed by atoms with Crippen LogP contribution in [-0.2, 0) is 4.79 Å². The van der Waals surface area contributed by atoms with Crippen LogP contribution in [0, 0.1) is 29.1 Å². The zero-order valence-electron chi connectivity index (χ0n) is 14.6. The summed E-state index contributed by atoms with van der Waals surface area (Å²) in [5.41, 5.74) is -0.245. The molecule has 0 aromatic carbocycles. The molecule has 0 aromatic heterocycles. The maximum absolute atomic E-state index is 12.4. The fourth-order valence-electron chi connectivity index (χ4n) is 5.52. The van der Waals surface area contributed by atoms with Gasteiger partial charge in [-0.15, -0.1) is 0 Å². The summed E-state index contributed by atoms with van der Waals surface area (Å²) in [6.45, 7) is 4.15. The second kappa shape index (κ2) is 6.68. The van der Waals surface area contributed by atoms with Gasteiger partial charge in [0.1, 0.15) is 5.78 Å². The van der Waals surface area contributed by atoms with Crippen molar-refractivity contribution in [2.45, 2.75) is 77.4 Å². The molecule has 0 saturated heterocycles. The maximum atomic E-state index is 12.4. The van der Waals surface area contributed by atoms with Gasteiger partial charge < -0.3 is 10.2 Å². The van der Waals surface area contributed by atoms with Gasteiger partial charge in [-0.1, -0.05) is 45.3 Å². The number of hydrogen-bond acceptors (Lipinski definition) is 3. The summed E-state index contributed by atoms with van der Waals surface area (Å²) in [6, 6.07) is 0. The molecular formula is C20H32O3. The van der Waals surface area contributed by atoms with E-state index in [1.807, 2.05) is 12.2 Å². The maximum Gasteiger partial charge on any atom is 0.142 e. The Morgan fingerprint density at radius 3 is 2.61 bits per heavy atom. The van der Waals surface area contributed by atoms with E-state index < -0.39 is 6.10 Å². The summed E-state index contributed by atoms with van der Waals surface area (Å²) in [5, 5.41) is 20.9. The number of carbonyl (C=O) groups excluding carboxylic acids is 1. The van der Waals surface area contributed by atoms with Crippen LogP contribution < -0.4 is 0 Å². The van der Waals surface area contributed by atoms with Crippen molar-refractivity contribution < 1.29 is 15.0 Å². The molecule has 3 heteroatoms. The number of carbonyl (C=O) groups is 1. The molecule has 0 amide bonds. The van der Waals surface area contributed by atoms with E-state index in [0.29, 0.717) is 18.1 Å². The second-order valence-corrected chi connectivity index (χ2v) is 8.28. The van der Waals surface area contributed by atoms with Crippen LogP contribution in [0.1, 0.15) is 65.2 Å². The standard InChI is InChI=1S/C20H32O3/c1-3-14-18-15(17(22)11-12-20(18,2)19(14)23)9-10-16(21)13-7-5-4-6-8-13/h9-10,13-18,21-22H,3-8,11-12H2,1-2H3/b10-9+/t14?,15-,16+,17+,18+,20-/m1/s1. The molecule has 3 aliphatic rings. The van der Waals surface area contributed by atoms with Crippen LogP contribution >= 0.6 is 0 Å². The summed E-state index contributed by atoms with van der Waals surface area (Å²) < 4.78 is 0. The van der Waals surface area contributed by atoms with E-state index in [9.17, 15) is 15.0 Å². The third-order valence-corrected chi connectivity index (χ3v) is 6.99. The molecule has 3 fully saturated rings. The van der Waals surface area contributed by atoms with Crippen molar-refractivity contribution in [2.24, 2.45) is 29.1 Å². The molecule has 0 spiro atoms. The quantitative estimate of drug-likeness (QED) is 0.780. The Morgan fingerprint density at radius 2 is 1.96 bits per heavy atom. The molecule has 0 aromatic rings. The van der Waals surface area contributed by atoms with Crippen LogP contribution in [0.2, 0.25) is 0 Å². The molecule has 0 aliphatic heterocycles. The van der Waals surface area contributed by atoms with Crippen molar-refractivity contribution in [3.05, 3.63) is 12.2 Å². The topological polar surface area (TPSA) is 57.5 Å². The van der Waals surface area contributed by atoms with Gasteiger partial charge in [0.25, 0.3) is 0 Å². The molecule has 6 atom stereocenters. The first-order valence-corrected chi connectivity index (χ1v) is 9.57.